The lowest BCUT2D eigenvalue weighted by molar-refractivity contribution is 0.484. The average Bonchev–Trinajstić information content (AvgIpc) is 2.30. The molecule has 2 atom stereocenters. The van der Waals surface area contributed by atoms with Crippen molar-refractivity contribution in [2.75, 3.05) is 5.33 Å². The van der Waals surface area contributed by atoms with Gasteiger partial charge in [-0.05, 0) is 49.9 Å². The van der Waals surface area contributed by atoms with E-state index in [4.69, 9.17) is 0 Å². The van der Waals surface area contributed by atoms with Gasteiger partial charge in [0.1, 0.15) is 0 Å². The summed E-state index contributed by atoms with van der Waals surface area (Å²) in [6.07, 6.45) is 0. The fraction of sp³-hybridized carbons (Fsp3) is 0.538. The third-order valence-corrected chi connectivity index (χ3v) is 5.80. The molecule has 1 N–H and O–H groups in total. The molecule has 0 aliphatic carbocycles. The van der Waals surface area contributed by atoms with Gasteiger partial charge in [0.2, 0.25) is 10.0 Å². The van der Waals surface area contributed by atoms with Gasteiger partial charge in [-0.15, -0.1) is 0 Å². The summed E-state index contributed by atoms with van der Waals surface area (Å²) in [5.41, 5.74) is 2.08. The van der Waals surface area contributed by atoms with Crippen LogP contribution in [0.1, 0.15) is 25.0 Å². The quantitative estimate of drug-likeness (QED) is 0.842. The van der Waals surface area contributed by atoms with E-state index in [9.17, 15) is 8.42 Å². The topological polar surface area (TPSA) is 46.2 Å². The van der Waals surface area contributed by atoms with E-state index >= 15 is 0 Å². The molecule has 0 bridgehead atoms. The largest absolute Gasteiger partial charge is 0.240 e. The molecule has 0 heterocycles. The number of rotatable bonds is 5. The lowest BCUT2D eigenvalue weighted by Crippen LogP contribution is -2.37. The number of sulfonamides is 1. The van der Waals surface area contributed by atoms with Crippen LogP contribution in [0.15, 0.2) is 23.1 Å². The Labute approximate surface area is 118 Å². The fourth-order valence-corrected chi connectivity index (χ4v) is 3.44. The summed E-state index contributed by atoms with van der Waals surface area (Å²) in [6, 6.07) is 5.10. The Bertz CT molecular complexity index is 514. The van der Waals surface area contributed by atoms with E-state index in [0.29, 0.717) is 4.90 Å². The summed E-state index contributed by atoms with van der Waals surface area (Å²) in [6.45, 7) is 7.76. The molecule has 0 radical (unpaired) electrons. The molecule has 0 saturated heterocycles. The summed E-state index contributed by atoms with van der Waals surface area (Å²) in [5.74, 6) is 0.242. The monoisotopic (exact) mass is 333 g/mol. The number of benzene rings is 1. The van der Waals surface area contributed by atoms with Crippen molar-refractivity contribution in [1.29, 1.82) is 0 Å². The molecule has 0 aromatic heterocycles. The smallest absolute Gasteiger partial charge is 0.208 e. The summed E-state index contributed by atoms with van der Waals surface area (Å²) < 4.78 is 27.1. The van der Waals surface area contributed by atoms with Crippen LogP contribution < -0.4 is 4.72 Å². The van der Waals surface area contributed by atoms with Crippen molar-refractivity contribution < 1.29 is 8.42 Å². The lowest BCUT2D eigenvalue weighted by Gasteiger charge is -2.19. The first-order valence-corrected chi connectivity index (χ1v) is 8.54. The van der Waals surface area contributed by atoms with Crippen molar-refractivity contribution in [2.24, 2.45) is 5.92 Å². The van der Waals surface area contributed by atoms with Crippen LogP contribution in [0.5, 0.6) is 0 Å². The molecule has 0 amide bonds. The van der Waals surface area contributed by atoms with Crippen molar-refractivity contribution in [3.05, 3.63) is 29.3 Å². The highest BCUT2D eigenvalue weighted by molar-refractivity contribution is 9.09. The maximum Gasteiger partial charge on any atom is 0.240 e. The zero-order valence-electron chi connectivity index (χ0n) is 11.2. The molecule has 0 aliphatic heterocycles. The average molecular weight is 334 g/mol. The Kier molecular flexibility index (Phi) is 5.37. The van der Waals surface area contributed by atoms with Gasteiger partial charge in [-0.25, -0.2) is 13.1 Å². The first-order chi connectivity index (χ1) is 8.27. The van der Waals surface area contributed by atoms with Crippen molar-refractivity contribution in [2.45, 2.75) is 38.6 Å². The van der Waals surface area contributed by atoms with Crippen LogP contribution in [-0.2, 0) is 10.0 Å². The second-order valence-corrected chi connectivity index (χ2v) is 7.15. The van der Waals surface area contributed by atoms with Crippen LogP contribution in [0.2, 0.25) is 0 Å². The van der Waals surface area contributed by atoms with E-state index in [1.54, 1.807) is 12.1 Å². The number of nitrogens with one attached hydrogen (secondary N) is 1. The molecular formula is C13H20BrNO2S. The van der Waals surface area contributed by atoms with Gasteiger partial charge >= 0.3 is 0 Å². The maximum atomic E-state index is 12.2. The molecule has 1 aromatic carbocycles. The zero-order valence-corrected chi connectivity index (χ0v) is 13.6. The van der Waals surface area contributed by atoms with E-state index in [2.05, 4.69) is 20.7 Å². The second-order valence-electron chi connectivity index (χ2n) is 4.79. The SMILES string of the molecule is Cc1ccc(S(=O)(=O)NC(C)C(C)CBr)cc1C. The van der Waals surface area contributed by atoms with Crippen molar-refractivity contribution >= 4 is 26.0 Å². The molecule has 5 heteroatoms. The van der Waals surface area contributed by atoms with E-state index in [-0.39, 0.29) is 12.0 Å². The Balaban J connectivity index is 2.96. The summed E-state index contributed by atoms with van der Waals surface area (Å²) >= 11 is 3.37. The van der Waals surface area contributed by atoms with Crippen molar-refractivity contribution in [3.63, 3.8) is 0 Å². The van der Waals surface area contributed by atoms with Gasteiger partial charge < -0.3 is 0 Å². The first kappa shape index (κ1) is 15.7. The molecule has 102 valence electrons. The van der Waals surface area contributed by atoms with Gasteiger partial charge in [0.15, 0.2) is 0 Å². The molecular weight excluding hydrogens is 314 g/mol. The highest BCUT2D eigenvalue weighted by Crippen LogP contribution is 2.16. The van der Waals surface area contributed by atoms with Crippen LogP contribution in [0, 0.1) is 19.8 Å². The molecule has 3 nitrogen and oxygen atoms in total. The zero-order chi connectivity index (χ0) is 13.9. The number of halogens is 1. The molecule has 1 aromatic rings. The van der Waals surface area contributed by atoms with Gasteiger partial charge in [-0.3, -0.25) is 0 Å². The Morgan fingerprint density at radius 3 is 2.33 bits per heavy atom. The van der Waals surface area contributed by atoms with Crippen molar-refractivity contribution in [3.8, 4) is 0 Å². The number of hydrogen-bond donors (Lipinski definition) is 1. The maximum absolute atomic E-state index is 12.2. The third-order valence-electron chi connectivity index (χ3n) is 3.23. The highest BCUT2D eigenvalue weighted by atomic mass is 79.9. The molecule has 0 aliphatic rings. The summed E-state index contributed by atoms with van der Waals surface area (Å²) in [5, 5.41) is 0.767. The predicted octanol–water partition coefficient (Wildman–Crippen LogP) is 3.00. The molecule has 2 unspecified atom stereocenters. The van der Waals surface area contributed by atoms with E-state index in [1.165, 1.54) is 0 Å². The lowest BCUT2D eigenvalue weighted by atomic mass is 10.1. The van der Waals surface area contributed by atoms with Crippen LogP contribution >= 0.6 is 15.9 Å². The van der Waals surface area contributed by atoms with Crippen LogP contribution in [0.25, 0.3) is 0 Å². The van der Waals surface area contributed by atoms with Crippen molar-refractivity contribution in [1.82, 2.24) is 4.72 Å². The highest BCUT2D eigenvalue weighted by Gasteiger charge is 2.20. The Morgan fingerprint density at radius 2 is 1.83 bits per heavy atom. The number of hydrogen-bond acceptors (Lipinski definition) is 2. The van der Waals surface area contributed by atoms with Gasteiger partial charge in [-0.2, -0.15) is 0 Å². The van der Waals surface area contributed by atoms with Gasteiger partial charge in [-0.1, -0.05) is 28.9 Å². The van der Waals surface area contributed by atoms with Gasteiger partial charge in [0, 0.05) is 11.4 Å². The fourth-order valence-electron chi connectivity index (χ4n) is 1.44. The van der Waals surface area contributed by atoms with E-state index < -0.39 is 10.0 Å². The number of alkyl halides is 1. The minimum absolute atomic E-state index is 0.101. The minimum Gasteiger partial charge on any atom is -0.208 e. The molecule has 0 spiro atoms. The first-order valence-electron chi connectivity index (χ1n) is 5.93. The van der Waals surface area contributed by atoms with Crippen LogP contribution in [-0.4, -0.2) is 19.8 Å². The third kappa shape index (κ3) is 3.80. The minimum atomic E-state index is -3.42. The summed E-state index contributed by atoms with van der Waals surface area (Å²) in [4.78, 5) is 0.333. The summed E-state index contributed by atoms with van der Waals surface area (Å²) in [7, 11) is -3.42. The molecule has 18 heavy (non-hydrogen) atoms. The molecule has 0 fully saturated rings. The van der Waals surface area contributed by atoms with E-state index in [0.717, 1.165) is 16.5 Å². The predicted molar refractivity (Wildman–Crippen MR) is 78.7 cm³/mol. The normalized spacial score (nSPS) is 15.4. The van der Waals surface area contributed by atoms with Crippen LogP contribution in [0.4, 0.5) is 0 Å². The molecule has 0 saturated carbocycles. The Morgan fingerprint density at radius 1 is 1.22 bits per heavy atom. The Hall–Kier alpha value is -0.390. The standard InChI is InChI=1S/C13H20BrNO2S/c1-9-5-6-13(7-10(9)2)18(16,17)15-12(4)11(3)8-14/h5-7,11-12,15H,8H2,1-4H3. The molecule has 1 rings (SSSR count). The van der Waals surface area contributed by atoms with Gasteiger partial charge in [0.25, 0.3) is 0 Å². The second kappa shape index (κ2) is 6.17. The number of aryl methyl sites for hydroxylation is 2. The van der Waals surface area contributed by atoms with Crippen LogP contribution in [0.3, 0.4) is 0 Å². The van der Waals surface area contributed by atoms with Gasteiger partial charge in [0.05, 0.1) is 4.90 Å². The van der Waals surface area contributed by atoms with E-state index in [1.807, 2.05) is 33.8 Å².